The van der Waals surface area contributed by atoms with Gasteiger partial charge in [-0.25, -0.2) is 0 Å². The Hall–Kier alpha value is -0.280. The smallest absolute Gasteiger partial charge is 0.238 e. The molecule has 0 aromatic heterocycles. The molecule has 1 aliphatic rings. The Morgan fingerprint density at radius 2 is 2.50 bits per heavy atom. The summed E-state index contributed by atoms with van der Waals surface area (Å²) in [6.07, 6.45) is 2.01. The minimum Gasteiger partial charge on any atom is -0.379 e. The second-order valence-electron chi connectivity index (χ2n) is 3.04. The highest BCUT2D eigenvalue weighted by atomic mass is 35.5. The third-order valence-electron chi connectivity index (χ3n) is 1.87. The maximum Gasteiger partial charge on any atom is 0.238 e. The number of rotatable bonds is 2. The fourth-order valence-corrected chi connectivity index (χ4v) is 1.23. The van der Waals surface area contributed by atoms with Gasteiger partial charge in [-0.05, 0) is 19.8 Å². The van der Waals surface area contributed by atoms with Gasteiger partial charge in [0.25, 0.3) is 0 Å². The van der Waals surface area contributed by atoms with E-state index in [0.29, 0.717) is 6.61 Å². The van der Waals surface area contributed by atoms with Gasteiger partial charge < -0.3 is 10.1 Å². The third-order valence-corrected chi connectivity index (χ3v) is 2.07. The molecule has 70 valence electrons. The lowest BCUT2D eigenvalue weighted by Crippen LogP contribution is -2.43. The van der Waals surface area contributed by atoms with Crippen molar-refractivity contribution in [2.24, 2.45) is 0 Å². The first kappa shape index (κ1) is 9.81. The number of hydrogen-bond donors (Lipinski definition) is 1. The molecule has 0 aromatic rings. The Morgan fingerprint density at radius 1 is 1.75 bits per heavy atom. The number of nitrogens with one attached hydrogen (secondary N) is 1. The van der Waals surface area contributed by atoms with Crippen LogP contribution in [0.15, 0.2) is 0 Å². The van der Waals surface area contributed by atoms with Gasteiger partial charge in [-0.2, -0.15) is 0 Å². The van der Waals surface area contributed by atoms with E-state index < -0.39 is 5.38 Å². The lowest BCUT2D eigenvalue weighted by molar-refractivity contribution is -0.122. The SMILES string of the molecule is CC(Cl)C(=O)NC1CCCOC1. The Morgan fingerprint density at radius 3 is 3.00 bits per heavy atom. The molecule has 0 aliphatic carbocycles. The lowest BCUT2D eigenvalue weighted by Gasteiger charge is -2.23. The highest BCUT2D eigenvalue weighted by molar-refractivity contribution is 6.30. The molecular formula is C8H14ClNO2. The largest absolute Gasteiger partial charge is 0.379 e. The summed E-state index contributed by atoms with van der Waals surface area (Å²) in [6.45, 7) is 3.10. The van der Waals surface area contributed by atoms with Crippen LogP contribution in [0.5, 0.6) is 0 Å². The maximum atomic E-state index is 11.1. The molecule has 2 atom stereocenters. The lowest BCUT2D eigenvalue weighted by atomic mass is 10.1. The molecule has 12 heavy (non-hydrogen) atoms. The van der Waals surface area contributed by atoms with Gasteiger partial charge in [0.1, 0.15) is 5.38 Å². The molecular weight excluding hydrogens is 178 g/mol. The zero-order valence-electron chi connectivity index (χ0n) is 7.18. The molecule has 4 heteroatoms. The molecule has 1 fully saturated rings. The van der Waals surface area contributed by atoms with E-state index in [1.807, 2.05) is 0 Å². The normalized spacial score (nSPS) is 26.3. The number of ether oxygens (including phenoxy) is 1. The Labute approximate surface area is 77.4 Å². The van der Waals surface area contributed by atoms with Crippen LogP contribution in [0.25, 0.3) is 0 Å². The molecule has 1 amide bonds. The molecule has 0 aromatic carbocycles. The van der Waals surface area contributed by atoms with Crippen molar-refractivity contribution in [3.05, 3.63) is 0 Å². The van der Waals surface area contributed by atoms with E-state index in [4.69, 9.17) is 16.3 Å². The van der Waals surface area contributed by atoms with Gasteiger partial charge in [-0.15, -0.1) is 11.6 Å². The number of amides is 1. The van der Waals surface area contributed by atoms with Crippen molar-refractivity contribution in [2.75, 3.05) is 13.2 Å². The van der Waals surface area contributed by atoms with Crippen LogP contribution < -0.4 is 5.32 Å². The van der Waals surface area contributed by atoms with Crippen LogP contribution in [-0.2, 0) is 9.53 Å². The van der Waals surface area contributed by atoms with Crippen molar-refractivity contribution in [1.82, 2.24) is 5.32 Å². The minimum absolute atomic E-state index is 0.104. The summed E-state index contributed by atoms with van der Waals surface area (Å²) in [6, 6.07) is 0.160. The number of carbonyl (C=O) groups is 1. The maximum absolute atomic E-state index is 11.1. The Bertz CT molecular complexity index is 155. The summed E-state index contributed by atoms with van der Waals surface area (Å²) in [5.41, 5.74) is 0. The molecule has 1 rings (SSSR count). The predicted octanol–water partition coefficient (Wildman–Crippen LogP) is 0.909. The van der Waals surface area contributed by atoms with Crippen molar-refractivity contribution in [1.29, 1.82) is 0 Å². The summed E-state index contributed by atoms with van der Waals surface area (Å²) in [5.74, 6) is -0.104. The summed E-state index contributed by atoms with van der Waals surface area (Å²) in [4.78, 5) is 11.1. The van der Waals surface area contributed by atoms with Gasteiger partial charge in [0.2, 0.25) is 5.91 Å². The van der Waals surface area contributed by atoms with E-state index in [-0.39, 0.29) is 11.9 Å². The van der Waals surface area contributed by atoms with Gasteiger partial charge in [-0.3, -0.25) is 4.79 Å². The number of halogens is 1. The van der Waals surface area contributed by atoms with Gasteiger partial charge in [0, 0.05) is 6.61 Å². The Kier molecular flexibility index (Phi) is 3.82. The number of hydrogen-bond acceptors (Lipinski definition) is 2. The highest BCUT2D eigenvalue weighted by Crippen LogP contribution is 2.06. The number of carbonyl (C=O) groups excluding carboxylic acids is 1. The molecule has 0 spiro atoms. The molecule has 1 heterocycles. The second-order valence-corrected chi connectivity index (χ2v) is 3.69. The predicted molar refractivity (Wildman–Crippen MR) is 47.3 cm³/mol. The van der Waals surface area contributed by atoms with Crippen LogP contribution >= 0.6 is 11.6 Å². The first-order chi connectivity index (χ1) is 5.70. The molecule has 0 saturated carbocycles. The van der Waals surface area contributed by atoms with Crippen LogP contribution in [-0.4, -0.2) is 30.5 Å². The summed E-state index contributed by atoms with van der Waals surface area (Å²) in [7, 11) is 0. The molecule has 1 aliphatic heterocycles. The van der Waals surface area contributed by atoms with Crippen LogP contribution in [0.3, 0.4) is 0 Å². The molecule has 0 bridgehead atoms. The van der Waals surface area contributed by atoms with Crippen molar-refractivity contribution in [2.45, 2.75) is 31.2 Å². The fourth-order valence-electron chi connectivity index (χ4n) is 1.17. The summed E-state index contributed by atoms with van der Waals surface area (Å²) < 4.78 is 5.20. The van der Waals surface area contributed by atoms with Gasteiger partial charge in [0.15, 0.2) is 0 Å². The fraction of sp³-hybridized carbons (Fsp3) is 0.875. The van der Waals surface area contributed by atoms with Gasteiger partial charge in [0.05, 0.1) is 12.6 Å². The molecule has 3 nitrogen and oxygen atoms in total. The van der Waals surface area contributed by atoms with Gasteiger partial charge >= 0.3 is 0 Å². The second kappa shape index (κ2) is 4.67. The zero-order chi connectivity index (χ0) is 8.97. The van der Waals surface area contributed by atoms with Crippen LogP contribution in [0.2, 0.25) is 0 Å². The monoisotopic (exact) mass is 191 g/mol. The summed E-state index contributed by atoms with van der Waals surface area (Å²) in [5, 5.41) is 2.37. The third kappa shape index (κ3) is 2.99. The van der Waals surface area contributed by atoms with E-state index in [9.17, 15) is 4.79 Å². The first-order valence-corrected chi connectivity index (χ1v) is 4.66. The van der Waals surface area contributed by atoms with Crippen molar-refractivity contribution < 1.29 is 9.53 Å². The van der Waals surface area contributed by atoms with E-state index in [1.54, 1.807) is 6.92 Å². The van der Waals surface area contributed by atoms with E-state index >= 15 is 0 Å². The molecule has 0 radical (unpaired) electrons. The van der Waals surface area contributed by atoms with Crippen molar-refractivity contribution in [3.8, 4) is 0 Å². The van der Waals surface area contributed by atoms with Crippen LogP contribution in [0.4, 0.5) is 0 Å². The first-order valence-electron chi connectivity index (χ1n) is 4.22. The highest BCUT2D eigenvalue weighted by Gasteiger charge is 2.18. The average molecular weight is 192 g/mol. The Balaban J connectivity index is 2.24. The summed E-state index contributed by atoms with van der Waals surface area (Å²) >= 11 is 5.59. The van der Waals surface area contributed by atoms with Crippen LogP contribution in [0.1, 0.15) is 19.8 Å². The average Bonchev–Trinajstić information content (AvgIpc) is 2.06. The van der Waals surface area contributed by atoms with E-state index in [0.717, 1.165) is 19.4 Å². The van der Waals surface area contributed by atoms with Crippen LogP contribution in [0, 0.1) is 0 Å². The quantitative estimate of drug-likeness (QED) is 0.659. The molecule has 1 saturated heterocycles. The molecule has 2 unspecified atom stereocenters. The van der Waals surface area contributed by atoms with Crippen molar-refractivity contribution in [3.63, 3.8) is 0 Å². The van der Waals surface area contributed by atoms with E-state index in [2.05, 4.69) is 5.32 Å². The van der Waals surface area contributed by atoms with E-state index in [1.165, 1.54) is 0 Å². The van der Waals surface area contributed by atoms with Gasteiger partial charge in [-0.1, -0.05) is 0 Å². The minimum atomic E-state index is -0.452. The van der Waals surface area contributed by atoms with Crippen molar-refractivity contribution >= 4 is 17.5 Å². The number of alkyl halides is 1. The standard InChI is InChI=1S/C8H14ClNO2/c1-6(9)8(11)10-7-3-2-4-12-5-7/h6-7H,2-5H2,1H3,(H,10,11). The zero-order valence-corrected chi connectivity index (χ0v) is 7.93. The topological polar surface area (TPSA) is 38.3 Å². The molecule has 1 N–H and O–H groups in total.